The van der Waals surface area contributed by atoms with Gasteiger partial charge in [-0.05, 0) is 37.7 Å². The van der Waals surface area contributed by atoms with E-state index < -0.39 is 0 Å². The van der Waals surface area contributed by atoms with Crippen molar-refractivity contribution >= 4 is 15.9 Å². The first-order chi connectivity index (χ1) is 8.79. The first-order valence-electron chi connectivity index (χ1n) is 6.08. The van der Waals surface area contributed by atoms with Crippen LogP contribution in [0.1, 0.15) is 19.2 Å². The average molecular weight is 310 g/mol. The van der Waals surface area contributed by atoms with Crippen LogP contribution in [0.3, 0.4) is 0 Å². The quantitative estimate of drug-likeness (QED) is 0.833. The summed E-state index contributed by atoms with van der Waals surface area (Å²) in [5, 5.41) is 11.4. The molecular weight excluding hydrogens is 294 g/mol. The standard InChI is InChI=1S/C13H16BrN3O/c1-2-15-8-4-7-12-16-17-13(18-12)10-5-3-6-11(14)9-10/h3,5-6,9,15H,2,4,7-8H2,1H3. The molecule has 0 fully saturated rings. The number of hydrogen-bond donors (Lipinski definition) is 1. The molecule has 0 saturated carbocycles. The van der Waals surface area contributed by atoms with E-state index >= 15 is 0 Å². The Labute approximate surface area is 115 Å². The van der Waals surface area contributed by atoms with E-state index in [-0.39, 0.29) is 0 Å². The Morgan fingerprint density at radius 3 is 3.00 bits per heavy atom. The molecule has 0 aliphatic carbocycles. The fourth-order valence-corrected chi connectivity index (χ4v) is 2.03. The number of rotatable bonds is 6. The number of nitrogens with one attached hydrogen (secondary N) is 1. The van der Waals surface area contributed by atoms with Crippen molar-refractivity contribution in [2.45, 2.75) is 19.8 Å². The van der Waals surface area contributed by atoms with Gasteiger partial charge in [0.05, 0.1) is 0 Å². The molecule has 0 amide bonds. The minimum absolute atomic E-state index is 0.578. The van der Waals surface area contributed by atoms with Crippen LogP contribution in [-0.2, 0) is 6.42 Å². The van der Waals surface area contributed by atoms with Crippen molar-refractivity contribution in [1.82, 2.24) is 15.5 Å². The summed E-state index contributed by atoms with van der Waals surface area (Å²) in [4.78, 5) is 0. The summed E-state index contributed by atoms with van der Waals surface area (Å²) in [6, 6.07) is 7.85. The highest BCUT2D eigenvalue weighted by molar-refractivity contribution is 9.10. The fourth-order valence-electron chi connectivity index (χ4n) is 1.63. The van der Waals surface area contributed by atoms with Crippen LogP contribution >= 0.6 is 15.9 Å². The van der Waals surface area contributed by atoms with Gasteiger partial charge in [-0.15, -0.1) is 10.2 Å². The number of benzene rings is 1. The molecule has 0 radical (unpaired) electrons. The van der Waals surface area contributed by atoms with E-state index in [1.807, 2.05) is 24.3 Å². The topological polar surface area (TPSA) is 51.0 Å². The van der Waals surface area contributed by atoms with Gasteiger partial charge in [0.15, 0.2) is 0 Å². The minimum atomic E-state index is 0.578. The zero-order valence-corrected chi connectivity index (χ0v) is 11.9. The molecule has 1 N–H and O–H groups in total. The Morgan fingerprint density at radius 1 is 1.33 bits per heavy atom. The van der Waals surface area contributed by atoms with Crippen LogP contribution in [0.4, 0.5) is 0 Å². The van der Waals surface area contributed by atoms with Gasteiger partial charge in [0, 0.05) is 16.5 Å². The molecular formula is C13H16BrN3O. The molecule has 1 heterocycles. The number of nitrogens with zero attached hydrogens (tertiary/aromatic N) is 2. The molecule has 0 saturated heterocycles. The van der Waals surface area contributed by atoms with Gasteiger partial charge < -0.3 is 9.73 Å². The Hall–Kier alpha value is -1.20. The van der Waals surface area contributed by atoms with Crippen LogP contribution in [0.2, 0.25) is 0 Å². The lowest BCUT2D eigenvalue weighted by Gasteiger charge is -1.98. The van der Waals surface area contributed by atoms with Crippen molar-refractivity contribution < 1.29 is 4.42 Å². The lowest BCUT2D eigenvalue weighted by Crippen LogP contribution is -2.14. The third-order valence-electron chi connectivity index (χ3n) is 2.53. The lowest BCUT2D eigenvalue weighted by atomic mass is 10.2. The third-order valence-corrected chi connectivity index (χ3v) is 3.03. The molecule has 0 atom stereocenters. The van der Waals surface area contributed by atoms with Gasteiger partial charge in [-0.3, -0.25) is 0 Å². The van der Waals surface area contributed by atoms with Crippen LogP contribution in [0, 0.1) is 0 Å². The van der Waals surface area contributed by atoms with Gasteiger partial charge in [0.1, 0.15) is 0 Å². The predicted molar refractivity (Wildman–Crippen MR) is 74.3 cm³/mol. The highest BCUT2D eigenvalue weighted by Crippen LogP contribution is 2.21. The van der Waals surface area contributed by atoms with E-state index in [1.54, 1.807) is 0 Å². The van der Waals surface area contributed by atoms with Gasteiger partial charge in [0.2, 0.25) is 11.8 Å². The van der Waals surface area contributed by atoms with E-state index in [9.17, 15) is 0 Å². The molecule has 0 spiro atoms. The maximum absolute atomic E-state index is 5.63. The minimum Gasteiger partial charge on any atom is -0.421 e. The van der Waals surface area contributed by atoms with Gasteiger partial charge in [-0.25, -0.2) is 0 Å². The third kappa shape index (κ3) is 3.65. The van der Waals surface area contributed by atoms with Gasteiger partial charge in [-0.2, -0.15) is 0 Å². The molecule has 0 aliphatic heterocycles. The molecule has 96 valence electrons. The maximum atomic E-state index is 5.63. The van der Waals surface area contributed by atoms with Crippen molar-refractivity contribution in [3.05, 3.63) is 34.6 Å². The Bertz CT molecular complexity index is 498. The van der Waals surface area contributed by atoms with Crippen molar-refractivity contribution in [2.75, 3.05) is 13.1 Å². The molecule has 2 rings (SSSR count). The lowest BCUT2D eigenvalue weighted by molar-refractivity contribution is 0.492. The molecule has 4 nitrogen and oxygen atoms in total. The first-order valence-corrected chi connectivity index (χ1v) is 6.88. The van der Waals surface area contributed by atoms with E-state index in [4.69, 9.17) is 4.42 Å². The normalized spacial score (nSPS) is 10.8. The molecule has 0 unspecified atom stereocenters. The van der Waals surface area contributed by atoms with Crippen LogP contribution in [0.15, 0.2) is 33.2 Å². The van der Waals surface area contributed by atoms with Gasteiger partial charge in [-0.1, -0.05) is 28.9 Å². The van der Waals surface area contributed by atoms with Crippen molar-refractivity contribution in [2.24, 2.45) is 0 Å². The monoisotopic (exact) mass is 309 g/mol. The SMILES string of the molecule is CCNCCCc1nnc(-c2cccc(Br)c2)o1. The first kappa shape index (κ1) is 13.2. The molecule has 5 heteroatoms. The maximum Gasteiger partial charge on any atom is 0.247 e. The molecule has 0 aliphatic rings. The summed E-state index contributed by atoms with van der Waals surface area (Å²) < 4.78 is 6.64. The van der Waals surface area contributed by atoms with E-state index in [2.05, 4.69) is 38.4 Å². The smallest absolute Gasteiger partial charge is 0.247 e. The van der Waals surface area contributed by atoms with Gasteiger partial charge >= 0.3 is 0 Å². The fraction of sp³-hybridized carbons (Fsp3) is 0.385. The van der Waals surface area contributed by atoms with Crippen LogP contribution in [0.5, 0.6) is 0 Å². The van der Waals surface area contributed by atoms with Crippen LogP contribution in [-0.4, -0.2) is 23.3 Å². The second kappa shape index (κ2) is 6.66. The highest BCUT2D eigenvalue weighted by atomic mass is 79.9. The number of halogens is 1. The number of aromatic nitrogens is 2. The second-order valence-corrected chi connectivity index (χ2v) is 4.88. The molecule has 2 aromatic rings. The average Bonchev–Trinajstić information content (AvgIpc) is 2.83. The highest BCUT2D eigenvalue weighted by Gasteiger charge is 2.08. The summed E-state index contributed by atoms with van der Waals surface area (Å²) in [5.41, 5.74) is 0.940. The van der Waals surface area contributed by atoms with E-state index in [0.29, 0.717) is 11.8 Å². The van der Waals surface area contributed by atoms with Crippen molar-refractivity contribution in [1.29, 1.82) is 0 Å². The van der Waals surface area contributed by atoms with Crippen molar-refractivity contribution in [3.63, 3.8) is 0 Å². The Balaban J connectivity index is 1.97. The molecule has 0 bridgehead atoms. The zero-order valence-electron chi connectivity index (χ0n) is 10.3. The summed E-state index contributed by atoms with van der Waals surface area (Å²) in [6.07, 6.45) is 1.82. The Kier molecular flexibility index (Phi) is 4.90. The zero-order chi connectivity index (χ0) is 12.8. The summed E-state index contributed by atoms with van der Waals surface area (Å²) in [5.74, 6) is 1.28. The van der Waals surface area contributed by atoms with E-state index in [1.165, 1.54) is 0 Å². The Morgan fingerprint density at radius 2 is 2.22 bits per heavy atom. The van der Waals surface area contributed by atoms with Gasteiger partial charge in [0.25, 0.3) is 0 Å². The molecule has 1 aromatic heterocycles. The van der Waals surface area contributed by atoms with E-state index in [0.717, 1.165) is 36.0 Å². The van der Waals surface area contributed by atoms with Crippen LogP contribution in [0.25, 0.3) is 11.5 Å². The predicted octanol–water partition coefficient (Wildman–Crippen LogP) is 3.04. The van der Waals surface area contributed by atoms with Crippen LogP contribution < -0.4 is 5.32 Å². The van der Waals surface area contributed by atoms with Crippen molar-refractivity contribution in [3.8, 4) is 11.5 Å². The molecule has 18 heavy (non-hydrogen) atoms. The number of aryl methyl sites for hydroxylation is 1. The largest absolute Gasteiger partial charge is 0.421 e. The molecule has 1 aromatic carbocycles. The summed E-state index contributed by atoms with van der Waals surface area (Å²) >= 11 is 3.43. The number of hydrogen-bond acceptors (Lipinski definition) is 4. The second-order valence-electron chi connectivity index (χ2n) is 3.97. The summed E-state index contributed by atoms with van der Waals surface area (Å²) in [7, 11) is 0. The summed E-state index contributed by atoms with van der Waals surface area (Å²) in [6.45, 7) is 4.07.